The summed E-state index contributed by atoms with van der Waals surface area (Å²) < 4.78 is 30.9. The number of amides is 1. The van der Waals surface area contributed by atoms with Gasteiger partial charge in [-0.3, -0.25) is 9.52 Å². The number of rotatable bonds is 6. The van der Waals surface area contributed by atoms with Crippen LogP contribution in [0.15, 0.2) is 48.5 Å². The number of sulfonamides is 1. The van der Waals surface area contributed by atoms with E-state index in [1.165, 1.54) is 11.0 Å². The topological polar surface area (TPSA) is 75.7 Å². The van der Waals surface area contributed by atoms with E-state index in [9.17, 15) is 13.2 Å². The smallest absolute Gasteiger partial charge is 0.258 e. The van der Waals surface area contributed by atoms with Crippen molar-refractivity contribution in [2.45, 2.75) is 6.92 Å². The van der Waals surface area contributed by atoms with E-state index in [1.807, 2.05) is 0 Å². The Morgan fingerprint density at radius 2 is 1.88 bits per heavy atom. The number of carbonyl (C=O) groups excluding carboxylic acids is 1. The SMILES string of the molecule is CCS(=O)(=O)Nc1cccc(C(=O)N(C)c2cccc(OC)c2)c1. The molecule has 0 aliphatic heterocycles. The van der Waals surface area contributed by atoms with Gasteiger partial charge in [0, 0.05) is 30.1 Å². The second-order valence-electron chi connectivity index (χ2n) is 5.15. The fourth-order valence-corrected chi connectivity index (χ4v) is 2.73. The molecule has 24 heavy (non-hydrogen) atoms. The average molecular weight is 348 g/mol. The number of hydrogen-bond donors (Lipinski definition) is 1. The minimum Gasteiger partial charge on any atom is -0.497 e. The lowest BCUT2D eigenvalue weighted by molar-refractivity contribution is 0.0993. The fourth-order valence-electron chi connectivity index (χ4n) is 2.10. The fraction of sp³-hybridized carbons (Fsp3) is 0.235. The third-order valence-electron chi connectivity index (χ3n) is 3.51. The van der Waals surface area contributed by atoms with E-state index in [0.717, 1.165) is 0 Å². The monoisotopic (exact) mass is 348 g/mol. The predicted octanol–water partition coefficient (Wildman–Crippen LogP) is 2.73. The van der Waals surface area contributed by atoms with E-state index in [0.29, 0.717) is 22.7 Å². The highest BCUT2D eigenvalue weighted by atomic mass is 32.2. The summed E-state index contributed by atoms with van der Waals surface area (Å²) in [6, 6.07) is 13.5. The molecule has 0 saturated carbocycles. The van der Waals surface area contributed by atoms with E-state index >= 15 is 0 Å². The third kappa shape index (κ3) is 4.26. The predicted molar refractivity (Wildman–Crippen MR) is 95.3 cm³/mol. The highest BCUT2D eigenvalue weighted by Crippen LogP contribution is 2.22. The number of nitrogens with zero attached hydrogens (tertiary/aromatic N) is 1. The van der Waals surface area contributed by atoms with Crippen LogP contribution >= 0.6 is 0 Å². The van der Waals surface area contributed by atoms with Gasteiger partial charge in [-0.15, -0.1) is 0 Å². The van der Waals surface area contributed by atoms with Gasteiger partial charge >= 0.3 is 0 Å². The first-order valence-corrected chi connectivity index (χ1v) is 9.04. The Morgan fingerprint density at radius 1 is 1.17 bits per heavy atom. The van der Waals surface area contributed by atoms with Crippen LogP contribution in [0.2, 0.25) is 0 Å². The van der Waals surface area contributed by atoms with Crippen LogP contribution < -0.4 is 14.4 Å². The van der Waals surface area contributed by atoms with Crippen molar-refractivity contribution >= 4 is 27.3 Å². The lowest BCUT2D eigenvalue weighted by atomic mass is 10.1. The molecule has 1 N–H and O–H groups in total. The number of nitrogens with one attached hydrogen (secondary N) is 1. The van der Waals surface area contributed by atoms with Crippen LogP contribution in [-0.4, -0.2) is 34.2 Å². The Morgan fingerprint density at radius 3 is 2.54 bits per heavy atom. The van der Waals surface area contributed by atoms with Gasteiger partial charge in [0.1, 0.15) is 5.75 Å². The number of anilines is 2. The Bertz CT molecular complexity index is 834. The summed E-state index contributed by atoms with van der Waals surface area (Å²) in [6.45, 7) is 1.55. The molecule has 0 heterocycles. The number of benzene rings is 2. The average Bonchev–Trinajstić information content (AvgIpc) is 2.60. The second-order valence-corrected chi connectivity index (χ2v) is 7.16. The first kappa shape index (κ1) is 17.8. The van der Waals surface area contributed by atoms with Gasteiger partial charge in [-0.05, 0) is 37.3 Å². The molecule has 0 aromatic heterocycles. The van der Waals surface area contributed by atoms with Crippen LogP contribution in [0.5, 0.6) is 5.75 Å². The molecule has 0 radical (unpaired) electrons. The van der Waals surface area contributed by atoms with E-state index in [2.05, 4.69) is 4.72 Å². The van der Waals surface area contributed by atoms with Gasteiger partial charge in [0.05, 0.1) is 12.9 Å². The molecule has 0 fully saturated rings. The van der Waals surface area contributed by atoms with Crippen LogP contribution in [0.1, 0.15) is 17.3 Å². The van der Waals surface area contributed by atoms with E-state index < -0.39 is 10.0 Å². The van der Waals surface area contributed by atoms with Crippen molar-refractivity contribution in [3.63, 3.8) is 0 Å². The zero-order valence-corrected chi connectivity index (χ0v) is 14.6. The van der Waals surface area contributed by atoms with Crippen LogP contribution in [0.25, 0.3) is 0 Å². The Labute approximate surface area is 142 Å². The van der Waals surface area contributed by atoms with Crippen molar-refractivity contribution in [2.24, 2.45) is 0 Å². The van der Waals surface area contributed by atoms with Gasteiger partial charge in [0.25, 0.3) is 5.91 Å². The van der Waals surface area contributed by atoms with Gasteiger partial charge in [0.15, 0.2) is 0 Å². The molecule has 2 aromatic carbocycles. The van der Waals surface area contributed by atoms with E-state index in [-0.39, 0.29) is 11.7 Å². The maximum absolute atomic E-state index is 12.6. The van der Waals surface area contributed by atoms with Crippen LogP contribution in [-0.2, 0) is 10.0 Å². The summed E-state index contributed by atoms with van der Waals surface area (Å²) in [4.78, 5) is 14.1. The molecule has 0 aliphatic carbocycles. The normalized spacial score (nSPS) is 11.0. The zero-order chi connectivity index (χ0) is 17.7. The summed E-state index contributed by atoms with van der Waals surface area (Å²) in [5.74, 6) is 0.368. The molecule has 2 aromatic rings. The van der Waals surface area contributed by atoms with E-state index in [4.69, 9.17) is 4.74 Å². The molecule has 128 valence electrons. The highest BCUT2D eigenvalue weighted by Gasteiger charge is 2.15. The maximum atomic E-state index is 12.6. The standard InChI is InChI=1S/C17H20N2O4S/c1-4-24(21,22)18-14-8-5-7-13(11-14)17(20)19(2)15-9-6-10-16(12-15)23-3/h5-12,18H,4H2,1-3H3. The quantitative estimate of drug-likeness (QED) is 0.871. The summed E-state index contributed by atoms with van der Waals surface area (Å²) in [5.41, 5.74) is 1.43. The van der Waals surface area contributed by atoms with Gasteiger partial charge in [0.2, 0.25) is 10.0 Å². The minimum absolute atomic E-state index is 0.0329. The van der Waals surface area contributed by atoms with Crippen molar-refractivity contribution in [1.82, 2.24) is 0 Å². The van der Waals surface area contributed by atoms with Gasteiger partial charge in [-0.2, -0.15) is 0 Å². The molecular formula is C17H20N2O4S. The highest BCUT2D eigenvalue weighted by molar-refractivity contribution is 7.92. The van der Waals surface area contributed by atoms with Crippen molar-refractivity contribution in [2.75, 3.05) is 29.5 Å². The molecule has 1 amide bonds. The van der Waals surface area contributed by atoms with Crippen LogP contribution in [0.4, 0.5) is 11.4 Å². The molecule has 0 unspecified atom stereocenters. The van der Waals surface area contributed by atoms with Crippen LogP contribution in [0, 0.1) is 0 Å². The lowest BCUT2D eigenvalue weighted by Crippen LogP contribution is -2.26. The second kappa shape index (κ2) is 7.35. The van der Waals surface area contributed by atoms with Crippen molar-refractivity contribution < 1.29 is 17.9 Å². The zero-order valence-electron chi connectivity index (χ0n) is 13.8. The van der Waals surface area contributed by atoms with Gasteiger partial charge < -0.3 is 9.64 Å². The summed E-state index contributed by atoms with van der Waals surface area (Å²) >= 11 is 0. The third-order valence-corrected chi connectivity index (χ3v) is 4.81. The van der Waals surface area contributed by atoms with E-state index in [1.54, 1.807) is 63.5 Å². The first-order chi connectivity index (χ1) is 11.4. The van der Waals surface area contributed by atoms with Crippen molar-refractivity contribution in [1.29, 1.82) is 0 Å². The Hall–Kier alpha value is -2.54. The number of methoxy groups -OCH3 is 1. The Kier molecular flexibility index (Phi) is 5.46. The summed E-state index contributed by atoms with van der Waals surface area (Å²) in [6.07, 6.45) is 0. The van der Waals surface area contributed by atoms with Crippen molar-refractivity contribution in [3.8, 4) is 5.75 Å². The first-order valence-electron chi connectivity index (χ1n) is 7.39. The van der Waals surface area contributed by atoms with Gasteiger partial charge in [-0.25, -0.2) is 8.42 Å². The van der Waals surface area contributed by atoms with Crippen molar-refractivity contribution in [3.05, 3.63) is 54.1 Å². The number of carbonyl (C=O) groups is 1. The minimum atomic E-state index is -3.39. The molecule has 0 atom stereocenters. The summed E-state index contributed by atoms with van der Waals surface area (Å²) in [5, 5.41) is 0. The molecule has 7 heteroatoms. The van der Waals surface area contributed by atoms with Gasteiger partial charge in [-0.1, -0.05) is 12.1 Å². The number of ether oxygens (including phenoxy) is 1. The summed E-state index contributed by atoms with van der Waals surface area (Å²) in [7, 11) is -0.175. The number of hydrogen-bond acceptors (Lipinski definition) is 4. The molecule has 0 aliphatic rings. The molecule has 0 spiro atoms. The maximum Gasteiger partial charge on any atom is 0.258 e. The Balaban J connectivity index is 2.25. The molecule has 0 saturated heterocycles. The molecule has 0 bridgehead atoms. The molecular weight excluding hydrogens is 328 g/mol. The molecule has 6 nitrogen and oxygen atoms in total. The largest absolute Gasteiger partial charge is 0.497 e. The van der Waals surface area contributed by atoms with Crippen LogP contribution in [0.3, 0.4) is 0 Å². The lowest BCUT2D eigenvalue weighted by Gasteiger charge is -2.18. The molecule has 2 rings (SSSR count).